The molecule has 0 radical (unpaired) electrons. The van der Waals surface area contributed by atoms with Gasteiger partial charge in [0.25, 0.3) is 0 Å². The molecule has 8 heteroatoms. The summed E-state index contributed by atoms with van der Waals surface area (Å²) >= 11 is 0. The van der Waals surface area contributed by atoms with Crippen LogP contribution in [-0.4, -0.2) is 44.1 Å². The summed E-state index contributed by atoms with van der Waals surface area (Å²) in [6.07, 6.45) is 0.882. The Morgan fingerprint density at radius 2 is 1.70 bits per heavy atom. The number of hydrogen-bond donors (Lipinski definition) is 1. The van der Waals surface area contributed by atoms with E-state index in [1.165, 1.54) is 10.4 Å². The third-order valence-electron chi connectivity index (χ3n) is 4.98. The summed E-state index contributed by atoms with van der Waals surface area (Å²) in [5.74, 6) is 0. The van der Waals surface area contributed by atoms with Crippen molar-refractivity contribution in [3.05, 3.63) is 18.2 Å². The summed E-state index contributed by atoms with van der Waals surface area (Å²) < 4.78 is 39.1. The third kappa shape index (κ3) is 2.67. The lowest BCUT2D eigenvalue weighted by molar-refractivity contribution is 0.00578. The summed E-state index contributed by atoms with van der Waals surface area (Å²) in [6.45, 7) is 8.84. The number of nitrogen functional groups attached to an aromatic ring is 1. The van der Waals surface area contributed by atoms with Gasteiger partial charge in [-0.25, -0.2) is 8.42 Å². The van der Waals surface area contributed by atoms with Crippen LogP contribution >= 0.6 is 0 Å². The Kier molecular flexibility index (Phi) is 3.79. The Bertz CT molecular complexity index is 713. The van der Waals surface area contributed by atoms with Crippen LogP contribution in [-0.2, 0) is 19.3 Å². The molecule has 126 valence electrons. The van der Waals surface area contributed by atoms with Gasteiger partial charge >= 0.3 is 7.12 Å². The van der Waals surface area contributed by atoms with E-state index in [0.717, 1.165) is 6.42 Å². The predicted molar refractivity (Wildman–Crippen MR) is 89.9 cm³/mol. The molecule has 0 saturated carbocycles. The van der Waals surface area contributed by atoms with Gasteiger partial charge in [0.1, 0.15) is 0 Å². The van der Waals surface area contributed by atoms with Gasteiger partial charge in [0.05, 0.1) is 16.1 Å². The lowest BCUT2D eigenvalue weighted by atomic mass is 9.79. The van der Waals surface area contributed by atoms with E-state index in [-0.39, 0.29) is 4.90 Å². The highest BCUT2D eigenvalue weighted by Gasteiger charge is 2.53. The SMILES string of the molecule is CC1(C)OB(c2ccc(N)cc2S(=O)(=O)N2CCC2)OC1(C)C. The van der Waals surface area contributed by atoms with Gasteiger partial charge in [-0.15, -0.1) is 0 Å². The van der Waals surface area contributed by atoms with Crippen molar-refractivity contribution in [2.75, 3.05) is 18.8 Å². The van der Waals surface area contributed by atoms with E-state index < -0.39 is 28.3 Å². The first-order chi connectivity index (χ1) is 10.5. The molecule has 2 aliphatic heterocycles. The molecule has 1 aromatic rings. The highest BCUT2D eigenvalue weighted by atomic mass is 32.2. The standard InChI is InChI=1S/C15H23BN2O4S/c1-14(2)15(3,4)22-16(21-14)12-7-6-11(17)10-13(12)23(19,20)18-8-5-9-18/h6-7,10H,5,8-9,17H2,1-4H3. The molecule has 1 aromatic carbocycles. The highest BCUT2D eigenvalue weighted by molar-refractivity contribution is 7.89. The molecule has 0 spiro atoms. The Hall–Kier alpha value is -1.09. The van der Waals surface area contributed by atoms with Gasteiger partial charge < -0.3 is 15.0 Å². The first-order valence-corrected chi connectivity index (χ1v) is 9.24. The van der Waals surface area contributed by atoms with Crippen LogP contribution in [0, 0.1) is 0 Å². The molecule has 0 aliphatic carbocycles. The maximum absolute atomic E-state index is 12.8. The number of anilines is 1. The van der Waals surface area contributed by atoms with Crippen molar-refractivity contribution in [1.82, 2.24) is 4.31 Å². The van der Waals surface area contributed by atoms with Crippen molar-refractivity contribution in [2.24, 2.45) is 0 Å². The molecule has 2 fully saturated rings. The largest absolute Gasteiger partial charge is 0.496 e. The van der Waals surface area contributed by atoms with E-state index in [2.05, 4.69) is 0 Å². The maximum Gasteiger partial charge on any atom is 0.496 e. The molecule has 2 heterocycles. The van der Waals surface area contributed by atoms with Crippen molar-refractivity contribution < 1.29 is 17.7 Å². The first kappa shape index (κ1) is 16.8. The molecule has 2 saturated heterocycles. The molecule has 23 heavy (non-hydrogen) atoms. The van der Waals surface area contributed by atoms with Crippen LogP contribution in [0.3, 0.4) is 0 Å². The quantitative estimate of drug-likeness (QED) is 0.656. The smallest absolute Gasteiger partial charge is 0.399 e. The lowest BCUT2D eigenvalue weighted by Gasteiger charge is -2.32. The van der Waals surface area contributed by atoms with E-state index in [1.807, 2.05) is 27.7 Å². The van der Waals surface area contributed by atoms with Gasteiger partial charge in [-0.3, -0.25) is 0 Å². The normalized spacial score (nSPS) is 23.7. The van der Waals surface area contributed by atoms with Gasteiger partial charge in [0, 0.05) is 24.2 Å². The van der Waals surface area contributed by atoms with Crippen LogP contribution in [0.2, 0.25) is 0 Å². The lowest BCUT2D eigenvalue weighted by Crippen LogP contribution is -2.46. The monoisotopic (exact) mass is 338 g/mol. The van der Waals surface area contributed by atoms with E-state index in [9.17, 15) is 8.42 Å². The van der Waals surface area contributed by atoms with Crippen molar-refractivity contribution in [2.45, 2.75) is 50.2 Å². The van der Waals surface area contributed by atoms with Crippen LogP contribution < -0.4 is 11.2 Å². The molecule has 3 rings (SSSR count). The molecule has 0 unspecified atom stereocenters. The molecule has 0 aromatic heterocycles. The van der Waals surface area contributed by atoms with Gasteiger partial charge in [0.15, 0.2) is 0 Å². The highest BCUT2D eigenvalue weighted by Crippen LogP contribution is 2.37. The molecule has 6 nitrogen and oxygen atoms in total. The third-order valence-corrected chi connectivity index (χ3v) is 6.93. The Balaban J connectivity index is 2.05. The molecule has 0 atom stereocenters. The molecule has 2 N–H and O–H groups in total. The van der Waals surface area contributed by atoms with Crippen molar-refractivity contribution >= 4 is 28.3 Å². The molecule has 2 aliphatic rings. The number of rotatable bonds is 3. The molecule has 0 bridgehead atoms. The average Bonchev–Trinajstić information content (AvgIpc) is 2.55. The van der Waals surface area contributed by atoms with Crippen LogP contribution in [0.15, 0.2) is 23.1 Å². The van der Waals surface area contributed by atoms with Gasteiger partial charge in [-0.05, 0) is 46.2 Å². The van der Waals surface area contributed by atoms with Crippen molar-refractivity contribution in [3.8, 4) is 0 Å². The van der Waals surface area contributed by atoms with Gasteiger partial charge in [-0.1, -0.05) is 6.07 Å². The van der Waals surface area contributed by atoms with E-state index in [0.29, 0.717) is 24.2 Å². The minimum Gasteiger partial charge on any atom is -0.399 e. The van der Waals surface area contributed by atoms with Gasteiger partial charge in [0.2, 0.25) is 10.0 Å². The van der Waals surface area contributed by atoms with E-state index in [4.69, 9.17) is 15.0 Å². The topological polar surface area (TPSA) is 81.9 Å². The Morgan fingerprint density at radius 1 is 1.13 bits per heavy atom. The summed E-state index contributed by atoms with van der Waals surface area (Å²) in [4.78, 5) is 0.177. The zero-order valence-corrected chi connectivity index (χ0v) is 14.8. The number of nitrogens with two attached hydrogens (primary N) is 1. The fourth-order valence-corrected chi connectivity index (χ4v) is 4.37. The summed E-state index contributed by atoms with van der Waals surface area (Å²) in [5.41, 5.74) is 5.67. The van der Waals surface area contributed by atoms with Crippen LogP contribution in [0.1, 0.15) is 34.1 Å². The minimum absolute atomic E-state index is 0.177. The van der Waals surface area contributed by atoms with E-state index in [1.54, 1.807) is 12.1 Å². The van der Waals surface area contributed by atoms with Crippen molar-refractivity contribution in [3.63, 3.8) is 0 Å². The maximum atomic E-state index is 12.8. The fraction of sp³-hybridized carbons (Fsp3) is 0.600. The zero-order chi connectivity index (χ0) is 17.0. The number of sulfonamides is 1. The average molecular weight is 338 g/mol. The predicted octanol–water partition coefficient (Wildman–Crippen LogP) is 0.962. The second-order valence-corrected chi connectivity index (χ2v) is 9.05. The van der Waals surface area contributed by atoms with Gasteiger partial charge in [-0.2, -0.15) is 4.31 Å². The summed E-state index contributed by atoms with van der Waals surface area (Å²) in [7, 11) is -4.30. The Morgan fingerprint density at radius 3 is 2.17 bits per heavy atom. The Labute approximate surface area is 138 Å². The minimum atomic E-state index is -3.57. The van der Waals surface area contributed by atoms with Crippen molar-refractivity contribution in [1.29, 1.82) is 0 Å². The van der Waals surface area contributed by atoms with Crippen LogP contribution in [0.5, 0.6) is 0 Å². The van der Waals surface area contributed by atoms with Crippen LogP contribution in [0.4, 0.5) is 5.69 Å². The fourth-order valence-electron chi connectivity index (χ4n) is 2.61. The second-order valence-electron chi connectivity index (χ2n) is 7.14. The summed E-state index contributed by atoms with van der Waals surface area (Å²) in [6, 6.07) is 4.85. The molecular weight excluding hydrogens is 315 g/mol. The zero-order valence-electron chi connectivity index (χ0n) is 14.0. The first-order valence-electron chi connectivity index (χ1n) is 7.80. The number of hydrogen-bond acceptors (Lipinski definition) is 5. The second kappa shape index (κ2) is 5.21. The number of benzene rings is 1. The molecular formula is C15H23BN2O4S. The van der Waals surface area contributed by atoms with E-state index >= 15 is 0 Å². The summed E-state index contributed by atoms with van der Waals surface area (Å²) in [5, 5.41) is 0. The number of nitrogens with zero attached hydrogens (tertiary/aromatic N) is 1. The van der Waals surface area contributed by atoms with Crippen LogP contribution in [0.25, 0.3) is 0 Å². The molecule has 0 amide bonds.